The quantitative estimate of drug-likeness (QED) is 0.484. The van der Waals surface area contributed by atoms with Crippen LogP contribution in [0.2, 0.25) is 0 Å². The molecule has 2 aromatic carbocycles. The standard InChI is InChI=1S/C25H35N3O4S/c1-4-18-26-25(30)21(2)28(20-17-22-12-7-5-8-13-22)24(29)16-11-19-27(3)33(31,32)23-14-9-6-10-15-23/h5-10,12-15,21H,4,11,16-20H2,1-3H3,(H,26,30)/t21-/m1/s1. The van der Waals surface area contributed by atoms with Gasteiger partial charge in [0.1, 0.15) is 6.04 Å². The van der Waals surface area contributed by atoms with Crippen LogP contribution in [-0.2, 0) is 26.0 Å². The molecule has 2 amide bonds. The molecule has 8 heteroatoms. The Morgan fingerprint density at radius 1 is 0.970 bits per heavy atom. The lowest BCUT2D eigenvalue weighted by Gasteiger charge is -2.29. The Balaban J connectivity index is 2.00. The van der Waals surface area contributed by atoms with Gasteiger partial charge in [-0.25, -0.2) is 12.7 Å². The van der Waals surface area contributed by atoms with Crippen LogP contribution in [0.5, 0.6) is 0 Å². The van der Waals surface area contributed by atoms with E-state index in [1.54, 1.807) is 42.2 Å². The molecule has 1 N–H and O–H groups in total. The van der Waals surface area contributed by atoms with E-state index >= 15 is 0 Å². The van der Waals surface area contributed by atoms with Gasteiger partial charge in [-0.15, -0.1) is 0 Å². The molecule has 0 fully saturated rings. The van der Waals surface area contributed by atoms with Gasteiger partial charge in [-0.1, -0.05) is 55.5 Å². The van der Waals surface area contributed by atoms with Crippen LogP contribution in [0.4, 0.5) is 0 Å². The Morgan fingerprint density at radius 3 is 2.18 bits per heavy atom. The number of rotatable bonds is 13. The average molecular weight is 474 g/mol. The molecule has 0 aliphatic carbocycles. The molecule has 0 spiro atoms. The Kier molecular flexibility index (Phi) is 10.5. The van der Waals surface area contributed by atoms with Crippen molar-refractivity contribution < 1.29 is 18.0 Å². The highest BCUT2D eigenvalue weighted by atomic mass is 32.2. The molecule has 1 atom stereocenters. The molecule has 0 radical (unpaired) electrons. The maximum atomic E-state index is 13.1. The Bertz CT molecular complexity index is 981. The Hall–Kier alpha value is -2.71. The lowest BCUT2D eigenvalue weighted by Crippen LogP contribution is -2.49. The summed E-state index contributed by atoms with van der Waals surface area (Å²) < 4.78 is 26.6. The van der Waals surface area contributed by atoms with Gasteiger partial charge in [0.05, 0.1) is 4.90 Å². The van der Waals surface area contributed by atoms with Crippen molar-refractivity contribution in [3.8, 4) is 0 Å². The number of benzene rings is 2. The minimum absolute atomic E-state index is 0.157. The zero-order chi connectivity index (χ0) is 24.3. The van der Waals surface area contributed by atoms with Crippen molar-refractivity contribution in [2.75, 3.05) is 26.7 Å². The first-order valence-corrected chi connectivity index (χ1v) is 12.8. The molecule has 33 heavy (non-hydrogen) atoms. The summed E-state index contributed by atoms with van der Waals surface area (Å²) in [5.74, 6) is -0.336. The van der Waals surface area contributed by atoms with E-state index in [-0.39, 0.29) is 29.7 Å². The van der Waals surface area contributed by atoms with Gasteiger partial charge in [0.15, 0.2) is 0 Å². The van der Waals surface area contributed by atoms with Crippen LogP contribution in [0.1, 0.15) is 38.7 Å². The number of hydrogen-bond donors (Lipinski definition) is 1. The van der Waals surface area contributed by atoms with E-state index in [1.807, 2.05) is 37.3 Å². The highest BCUT2D eigenvalue weighted by Crippen LogP contribution is 2.15. The van der Waals surface area contributed by atoms with E-state index in [0.717, 1.165) is 12.0 Å². The predicted molar refractivity (Wildman–Crippen MR) is 130 cm³/mol. The second-order valence-electron chi connectivity index (χ2n) is 8.03. The van der Waals surface area contributed by atoms with Gasteiger partial charge in [-0.3, -0.25) is 9.59 Å². The number of amides is 2. The molecule has 0 heterocycles. The molecule has 0 bridgehead atoms. The first-order valence-electron chi connectivity index (χ1n) is 11.4. The molecular formula is C25H35N3O4S. The first-order chi connectivity index (χ1) is 15.8. The maximum absolute atomic E-state index is 13.1. The van der Waals surface area contributed by atoms with Gasteiger partial charge in [0.25, 0.3) is 0 Å². The number of sulfonamides is 1. The summed E-state index contributed by atoms with van der Waals surface area (Å²) in [5, 5.41) is 2.86. The fraction of sp³-hybridized carbons (Fsp3) is 0.440. The van der Waals surface area contributed by atoms with Crippen molar-refractivity contribution in [3.05, 3.63) is 66.2 Å². The largest absolute Gasteiger partial charge is 0.354 e. The van der Waals surface area contributed by atoms with Crippen LogP contribution in [-0.4, -0.2) is 62.2 Å². The number of carbonyl (C=O) groups is 2. The molecule has 0 aromatic heterocycles. The summed E-state index contributed by atoms with van der Waals surface area (Å²) in [6, 6.07) is 17.5. The van der Waals surface area contributed by atoms with Crippen LogP contribution in [0.25, 0.3) is 0 Å². The van der Waals surface area contributed by atoms with Crippen molar-refractivity contribution in [2.45, 2.75) is 50.5 Å². The molecule has 0 unspecified atom stereocenters. The van der Waals surface area contributed by atoms with E-state index in [2.05, 4.69) is 5.32 Å². The zero-order valence-corrected chi connectivity index (χ0v) is 20.6. The van der Waals surface area contributed by atoms with Crippen molar-refractivity contribution in [2.24, 2.45) is 0 Å². The van der Waals surface area contributed by atoms with Gasteiger partial charge < -0.3 is 10.2 Å². The first kappa shape index (κ1) is 26.5. The number of nitrogens with one attached hydrogen (secondary N) is 1. The summed E-state index contributed by atoms with van der Waals surface area (Å²) in [6.45, 7) is 4.91. The van der Waals surface area contributed by atoms with Crippen molar-refractivity contribution in [3.63, 3.8) is 0 Å². The van der Waals surface area contributed by atoms with Gasteiger partial charge in [-0.05, 0) is 43.9 Å². The SMILES string of the molecule is CCCNC(=O)[C@@H](C)N(CCc1ccccc1)C(=O)CCCN(C)S(=O)(=O)c1ccccc1. The molecule has 0 saturated carbocycles. The third-order valence-electron chi connectivity index (χ3n) is 5.52. The van der Waals surface area contributed by atoms with Crippen LogP contribution < -0.4 is 5.32 Å². The highest BCUT2D eigenvalue weighted by Gasteiger charge is 2.26. The summed E-state index contributed by atoms with van der Waals surface area (Å²) in [4.78, 5) is 27.4. The van der Waals surface area contributed by atoms with Crippen LogP contribution >= 0.6 is 0 Å². The van der Waals surface area contributed by atoms with Gasteiger partial charge >= 0.3 is 0 Å². The maximum Gasteiger partial charge on any atom is 0.242 e. The Labute approximate surface area is 197 Å². The molecule has 7 nitrogen and oxygen atoms in total. The van der Waals surface area contributed by atoms with Gasteiger partial charge in [-0.2, -0.15) is 0 Å². The molecule has 180 valence electrons. The molecule has 2 rings (SSSR count). The summed E-state index contributed by atoms with van der Waals surface area (Å²) in [5.41, 5.74) is 1.09. The Morgan fingerprint density at radius 2 is 1.58 bits per heavy atom. The fourth-order valence-electron chi connectivity index (χ4n) is 3.46. The second-order valence-corrected chi connectivity index (χ2v) is 10.1. The van der Waals surface area contributed by atoms with E-state index in [9.17, 15) is 18.0 Å². The van der Waals surface area contributed by atoms with E-state index in [0.29, 0.717) is 25.9 Å². The van der Waals surface area contributed by atoms with Crippen LogP contribution in [0.3, 0.4) is 0 Å². The average Bonchev–Trinajstić information content (AvgIpc) is 2.83. The number of hydrogen-bond acceptors (Lipinski definition) is 4. The third-order valence-corrected chi connectivity index (χ3v) is 7.39. The van der Waals surface area contributed by atoms with Crippen LogP contribution in [0, 0.1) is 0 Å². The molecule has 0 aliphatic heterocycles. The second kappa shape index (κ2) is 13.1. The number of nitrogens with zero attached hydrogens (tertiary/aromatic N) is 2. The monoisotopic (exact) mass is 473 g/mol. The molecular weight excluding hydrogens is 438 g/mol. The van der Waals surface area contributed by atoms with Gasteiger partial charge in [0.2, 0.25) is 21.8 Å². The summed E-state index contributed by atoms with van der Waals surface area (Å²) in [6.07, 6.45) is 1.99. The van der Waals surface area contributed by atoms with Crippen LogP contribution in [0.15, 0.2) is 65.6 Å². The lowest BCUT2D eigenvalue weighted by molar-refractivity contribution is -0.140. The normalized spacial score (nSPS) is 12.4. The van der Waals surface area contributed by atoms with Gasteiger partial charge in [0, 0.05) is 33.1 Å². The minimum Gasteiger partial charge on any atom is -0.354 e. The molecule has 2 aromatic rings. The zero-order valence-electron chi connectivity index (χ0n) is 19.7. The minimum atomic E-state index is -3.60. The lowest BCUT2D eigenvalue weighted by atomic mass is 10.1. The predicted octanol–water partition coefficient (Wildman–Crippen LogP) is 3.07. The summed E-state index contributed by atoms with van der Waals surface area (Å²) in [7, 11) is -2.08. The van der Waals surface area contributed by atoms with Crippen molar-refractivity contribution in [1.29, 1.82) is 0 Å². The molecule has 0 aliphatic rings. The van der Waals surface area contributed by atoms with E-state index in [4.69, 9.17) is 0 Å². The third kappa shape index (κ3) is 7.98. The van der Waals surface area contributed by atoms with Crippen molar-refractivity contribution >= 4 is 21.8 Å². The summed E-state index contributed by atoms with van der Waals surface area (Å²) >= 11 is 0. The van der Waals surface area contributed by atoms with Crippen molar-refractivity contribution in [1.82, 2.24) is 14.5 Å². The fourth-order valence-corrected chi connectivity index (χ4v) is 4.69. The topological polar surface area (TPSA) is 86.8 Å². The number of carbonyl (C=O) groups excluding carboxylic acids is 2. The smallest absolute Gasteiger partial charge is 0.242 e. The molecule has 0 saturated heterocycles. The van der Waals surface area contributed by atoms with E-state index < -0.39 is 16.1 Å². The van der Waals surface area contributed by atoms with E-state index in [1.165, 1.54) is 11.4 Å². The highest BCUT2D eigenvalue weighted by molar-refractivity contribution is 7.89.